The predicted molar refractivity (Wildman–Crippen MR) is 56.2 cm³/mol. The van der Waals surface area contributed by atoms with Crippen molar-refractivity contribution in [1.82, 2.24) is 0 Å². The SMILES string of the molecule is CC[C@H]1OB(C)c2cc(N)ccc21. The van der Waals surface area contributed by atoms with Gasteiger partial charge in [-0.05, 0) is 29.6 Å². The number of hydrogen-bond donors (Lipinski definition) is 1. The highest BCUT2D eigenvalue weighted by Gasteiger charge is 2.30. The van der Waals surface area contributed by atoms with Crippen molar-refractivity contribution in [2.75, 3.05) is 5.73 Å². The summed E-state index contributed by atoms with van der Waals surface area (Å²) in [6, 6.07) is 6.06. The highest BCUT2D eigenvalue weighted by atomic mass is 16.5. The van der Waals surface area contributed by atoms with Gasteiger partial charge >= 0.3 is 6.92 Å². The summed E-state index contributed by atoms with van der Waals surface area (Å²) in [7, 11) is 0. The van der Waals surface area contributed by atoms with E-state index < -0.39 is 0 Å². The van der Waals surface area contributed by atoms with Gasteiger partial charge in [0.2, 0.25) is 0 Å². The van der Waals surface area contributed by atoms with Crippen LogP contribution in [0.5, 0.6) is 0 Å². The summed E-state index contributed by atoms with van der Waals surface area (Å²) in [5.41, 5.74) is 9.12. The first-order chi connectivity index (χ1) is 6.22. The largest absolute Gasteiger partial charge is 0.424 e. The van der Waals surface area contributed by atoms with Gasteiger partial charge in [-0.15, -0.1) is 0 Å². The number of hydrogen-bond acceptors (Lipinski definition) is 2. The monoisotopic (exact) mass is 175 g/mol. The quantitative estimate of drug-likeness (QED) is 0.519. The third kappa shape index (κ3) is 1.33. The second kappa shape index (κ2) is 3.07. The molecule has 0 amide bonds. The summed E-state index contributed by atoms with van der Waals surface area (Å²) < 4.78 is 5.78. The van der Waals surface area contributed by atoms with Crippen LogP contribution in [-0.2, 0) is 4.65 Å². The summed E-state index contributed by atoms with van der Waals surface area (Å²) in [5, 5.41) is 0. The van der Waals surface area contributed by atoms with Crippen molar-refractivity contribution in [2.45, 2.75) is 26.3 Å². The number of nitrogen functional groups attached to an aromatic ring is 1. The number of nitrogens with two attached hydrogens (primary N) is 1. The van der Waals surface area contributed by atoms with E-state index in [4.69, 9.17) is 10.4 Å². The summed E-state index contributed by atoms with van der Waals surface area (Å²) in [4.78, 5) is 0. The smallest absolute Gasteiger partial charge is 0.324 e. The van der Waals surface area contributed by atoms with Crippen LogP contribution in [0.15, 0.2) is 18.2 Å². The second-order valence-electron chi connectivity index (χ2n) is 3.56. The van der Waals surface area contributed by atoms with Crippen LogP contribution >= 0.6 is 0 Å². The zero-order valence-corrected chi connectivity index (χ0v) is 8.08. The van der Waals surface area contributed by atoms with Crippen molar-refractivity contribution in [3.8, 4) is 0 Å². The van der Waals surface area contributed by atoms with E-state index in [1.165, 1.54) is 11.0 Å². The Morgan fingerprint density at radius 2 is 2.31 bits per heavy atom. The Morgan fingerprint density at radius 1 is 1.54 bits per heavy atom. The molecule has 0 spiro atoms. The fraction of sp³-hybridized carbons (Fsp3) is 0.400. The van der Waals surface area contributed by atoms with Crippen molar-refractivity contribution in [3.63, 3.8) is 0 Å². The third-order valence-electron chi connectivity index (χ3n) is 2.63. The number of rotatable bonds is 1. The molecule has 1 aliphatic heterocycles. The molecule has 0 saturated carbocycles. The Bertz CT molecular complexity index is 327. The van der Waals surface area contributed by atoms with E-state index in [0.717, 1.165) is 12.1 Å². The molecule has 2 N–H and O–H groups in total. The molecule has 0 bridgehead atoms. The van der Waals surface area contributed by atoms with Crippen LogP contribution in [-0.4, -0.2) is 6.92 Å². The standard InChI is InChI=1S/C10H14BNO/c1-3-10-8-5-4-7(12)6-9(8)11(2)13-10/h4-6,10H,3,12H2,1-2H3/t10-/m1/s1. The van der Waals surface area contributed by atoms with Gasteiger partial charge in [-0.3, -0.25) is 0 Å². The first-order valence-electron chi connectivity index (χ1n) is 4.77. The van der Waals surface area contributed by atoms with Crippen molar-refractivity contribution < 1.29 is 4.65 Å². The van der Waals surface area contributed by atoms with Crippen LogP contribution < -0.4 is 11.2 Å². The molecule has 1 atom stereocenters. The maximum atomic E-state index is 5.78. The van der Waals surface area contributed by atoms with Crippen molar-refractivity contribution in [2.24, 2.45) is 0 Å². The molecular weight excluding hydrogens is 161 g/mol. The number of benzene rings is 1. The molecule has 1 aliphatic rings. The van der Waals surface area contributed by atoms with Gasteiger partial charge in [0.25, 0.3) is 0 Å². The number of anilines is 1. The molecule has 1 heterocycles. The Balaban J connectivity index is 2.46. The van der Waals surface area contributed by atoms with Gasteiger partial charge in [0.1, 0.15) is 0 Å². The van der Waals surface area contributed by atoms with Gasteiger partial charge in [-0.25, -0.2) is 0 Å². The van der Waals surface area contributed by atoms with E-state index in [1.54, 1.807) is 0 Å². The molecule has 1 aromatic carbocycles. The van der Waals surface area contributed by atoms with E-state index in [-0.39, 0.29) is 13.0 Å². The molecule has 2 rings (SSSR count). The van der Waals surface area contributed by atoms with E-state index in [9.17, 15) is 0 Å². The van der Waals surface area contributed by atoms with E-state index in [0.29, 0.717) is 0 Å². The van der Waals surface area contributed by atoms with Gasteiger partial charge in [0.05, 0.1) is 6.10 Å². The van der Waals surface area contributed by atoms with Crippen LogP contribution in [0.4, 0.5) is 5.69 Å². The average molecular weight is 175 g/mol. The van der Waals surface area contributed by atoms with Crippen LogP contribution in [0.2, 0.25) is 6.82 Å². The van der Waals surface area contributed by atoms with Gasteiger partial charge in [0.15, 0.2) is 0 Å². The lowest BCUT2D eigenvalue weighted by Gasteiger charge is -2.08. The minimum atomic E-state index is 0.198. The predicted octanol–water partition coefficient (Wildman–Crippen LogP) is 1.58. The van der Waals surface area contributed by atoms with Gasteiger partial charge in [0, 0.05) is 5.69 Å². The second-order valence-corrected chi connectivity index (χ2v) is 3.56. The van der Waals surface area contributed by atoms with Crippen molar-refractivity contribution >= 4 is 18.1 Å². The third-order valence-corrected chi connectivity index (χ3v) is 2.63. The number of fused-ring (bicyclic) bond motifs is 1. The maximum Gasteiger partial charge on any atom is 0.324 e. The Labute approximate surface area is 79.2 Å². The summed E-state index contributed by atoms with van der Waals surface area (Å²) in [6.07, 6.45) is 1.30. The molecule has 0 saturated heterocycles. The fourth-order valence-corrected chi connectivity index (χ4v) is 1.95. The zero-order valence-electron chi connectivity index (χ0n) is 8.08. The fourth-order valence-electron chi connectivity index (χ4n) is 1.95. The summed E-state index contributed by atoms with van der Waals surface area (Å²) in [5.74, 6) is 0. The lowest BCUT2D eigenvalue weighted by molar-refractivity contribution is 0.221. The van der Waals surface area contributed by atoms with Gasteiger partial charge < -0.3 is 10.4 Å². The minimum absolute atomic E-state index is 0.198. The lowest BCUT2D eigenvalue weighted by Crippen LogP contribution is -2.24. The molecule has 0 radical (unpaired) electrons. The first kappa shape index (κ1) is 8.63. The van der Waals surface area contributed by atoms with E-state index in [1.807, 2.05) is 12.1 Å². The molecule has 1 aromatic rings. The van der Waals surface area contributed by atoms with E-state index >= 15 is 0 Å². The highest BCUT2D eigenvalue weighted by Crippen LogP contribution is 2.27. The van der Waals surface area contributed by atoms with Gasteiger partial charge in [-0.1, -0.05) is 19.8 Å². The highest BCUT2D eigenvalue weighted by molar-refractivity contribution is 6.67. The molecule has 3 heteroatoms. The van der Waals surface area contributed by atoms with Crippen LogP contribution in [0.3, 0.4) is 0 Å². The Kier molecular flexibility index (Phi) is 2.04. The Morgan fingerprint density at radius 3 is 3.00 bits per heavy atom. The molecule has 13 heavy (non-hydrogen) atoms. The molecule has 2 nitrogen and oxygen atoms in total. The lowest BCUT2D eigenvalue weighted by atomic mass is 9.64. The maximum absolute atomic E-state index is 5.78. The molecular formula is C10H14BNO. The van der Waals surface area contributed by atoms with Crippen LogP contribution in [0.1, 0.15) is 25.0 Å². The van der Waals surface area contributed by atoms with Crippen LogP contribution in [0, 0.1) is 0 Å². The molecule has 68 valence electrons. The molecule has 0 fully saturated rings. The normalized spacial score (nSPS) is 20.5. The molecule has 0 aromatic heterocycles. The average Bonchev–Trinajstić information content (AvgIpc) is 2.43. The zero-order chi connectivity index (χ0) is 9.42. The molecule has 0 unspecified atom stereocenters. The topological polar surface area (TPSA) is 35.2 Å². The minimum Gasteiger partial charge on any atom is -0.424 e. The van der Waals surface area contributed by atoms with Crippen molar-refractivity contribution in [3.05, 3.63) is 23.8 Å². The van der Waals surface area contributed by atoms with Crippen LogP contribution in [0.25, 0.3) is 0 Å². The summed E-state index contributed by atoms with van der Waals surface area (Å²) in [6.45, 7) is 4.42. The molecule has 0 aliphatic carbocycles. The van der Waals surface area contributed by atoms with E-state index in [2.05, 4.69) is 19.8 Å². The van der Waals surface area contributed by atoms with Crippen molar-refractivity contribution in [1.29, 1.82) is 0 Å². The van der Waals surface area contributed by atoms with Gasteiger partial charge in [-0.2, -0.15) is 0 Å². The summed E-state index contributed by atoms with van der Waals surface area (Å²) >= 11 is 0. The first-order valence-corrected chi connectivity index (χ1v) is 4.77. The Hall–Kier alpha value is -0.955.